The Morgan fingerprint density at radius 1 is 0.750 bits per heavy atom. The van der Waals surface area contributed by atoms with Crippen molar-refractivity contribution < 1.29 is 23.9 Å². The summed E-state index contributed by atoms with van der Waals surface area (Å²) in [6.07, 6.45) is 17.2. The van der Waals surface area contributed by atoms with Gasteiger partial charge in [-0.3, -0.25) is 4.79 Å². The number of hydrogen-bond acceptors (Lipinski definition) is 5. The molecule has 0 amide bonds. The molecule has 0 radical (unpaired) electrons. The van der Waals surface area contributed by atoms with Gasteiger partial charge < -0.3 is 9.47 Å². The smallest absolute Gasteiger partial charge is 0.351 e. The molecule has 0 aliphatic carbocycles. The van der Waals surface area contributed by atoms with E-state index in [9.17, 15) is 14.4 Å². The van der Waals surface area contributed by atoms with Gasteiger partial charge in [0.2, 0.25) is 0 Å². The first-order valence-electron chi connectivity index (χ1n) is 11.0. The van der Waals surface area contributed by atoms with E-state index in [1.54, 1.807) is 0 Å². The van der Waals surface area contributed by atoms with Crippen molar-refractivity contribution in [1.82, 2.24) is 0 Å². The summed E-state index contributed by atoms with van der Waals surface area (Å²) in [7, 11) is 0. The third-order valence-corrected chi connectivity index (χ3v) is 4.64. The van der Waals surface area contributed by atoms with E-state index in [-0.39, 0.29) is 6.42 Å². The van der Waals surface area contributed by atoms with Gasteiger partial charge in [-0.1, -0.05) is 97.5 Å². The predicted octanol–water partition coefficient (Wildman–Crippen LogP) is 5.90. The molecular weight excluding hydrogens is 356 g/mol. The monoisotopic (exact) mass is 396 g/mol. The average molecular weight is 397 g/mol. The first kappa shape index (κ1) is 26.4. The van der Waals surface area contributed by atoms with Crippen molar-refractivity contribution in [3.8, 4) is 0 Å². The van der Waals surface area contributed by atoms with E-state index >= 15 is 0 Å². The molecule has 0 aromatic carbocycles. The summed E-state index contributed by atoms with van der Waals surface area (Å²) in [5.74, 6) is -1.29. The Hall–Kier alpha value is -1.65. The van der Waals surface area contributed by atoms with Crippen LogP contribution >= 0.6 is 0 Å². The molecule has 0 unspecified atom stereocenters. The molecule has 0 aromatic rings. The highest BCUT2D eigenvalue weighted by Crippen LogP contribution is 2.14. The Bertz CT molecular complexity index is 442. The standard InChI is InChI=1S/C23H40O5/c1-4-21(24)27-19-23(26)28-22(25)18-16-14-12-10-8-6-5-7-9-11-13-15-17-20(2)3/h4,20H,1,5-19H2,2-3H3. The maximum atomic E-state index is 11.5. The lowest BCUT2D eigenvalue weighted by atomic mass is 10.0. The fourth-order valence-electron chi connectivity index (χ4n) is 2.99. The number of rotatable bonds is 18. The van der Waals surface area contributed by atoms with Crippen LogP contribution in [0.2, 0.25) is 0 Å². The summed E-state index contributed by atoms with van der Waals surface area (Å²) in [4.78, 5) is 33.6. The predicted molar refractivity (Wildman–Crippen MR) is 112 cm³/mol. The Morgan fingerprint density at radius 2 is 1.21 bits per heavy atom. The zero-order chi connectivity index (χ0) is 21.0. The van der Waals surface area contributed by atoms with Crippen LogP contribution in [0.4, 0.5) is 0 Å². The highest BCUT2D eigenvalue weighted by Gasteiger charge is 2.11. The molecule has 5 heteroatoms. The Balaban J connectivity index is 3.32. The van der Waals surface area contributed by atoms with Crippen LogP contribution in [0.5, 0.6) is 0 Å². The molecule has 0 saturated carbocycles. The first-order valence-corrected chi connectivity index (χ1v) is 11.0. The summed E-state index contributed by atoms with van der Waals surface area (Å²) in [6.45, 7) is 7.23. The number of carbonyl (C=O) groups excluding carboxylic acids is 3. The zero-order valence-electron chi connectivity index (χ0n) is 18.0. The van der Waals surface area contributed by atoms with Crippen molar-refractivity contribution in [1.29, 1.82) is 0 Å². The molecule has 0 N–H and O–H groups in total. The molecule has 0 rings (SSSR count). The van der Waals surface area contributed by atoms with E-state index < -0.39 is 24.5 Å². The number of esters is 3. The fraction of sp³-hybridized carbons (Fsp3) is 0.783. The second-order valence-electron chi connectivity index (χ2n) is 7.83. The van der Waals surface area contributed by atoms with E-state index in [0.717, 1.165) is 31.3 Å². The van der Waals surface area contributed by atoms with Gasteiger partial charge in [0.25, 0.3) is 0 Å². The van der Waals surface area contributed by atoms with Crippen molar-refractivity contribution in [2.45, 2.75) is 104 Å². The van der Waals surface area contributed by atoms with Crippen LogP contribution in [0.3, 0.4) is 0 Å². The van der Waals surface area contributed by atoms with Crippen LogP contribution in [0.15, 0.2) is 12.7 Å². The molecule has 0 aromatic heterocycles. The van der Waals surface area contributed by atoms with Gasteiger partial charge in [0, 0.05) is 12.5 Å². The Labute approximate surface area is 171 Å². The first-order chi connectivity index (χ1) is 13.5. The molecule has 162 valence electrons. The topological polar surface area (TPSA) is 69.7 Å². The molecule has 0 aliphatic rings. The summed E-state index contributed by atoms with van der Waals surface area (Å²) < 4.78 is 9.08. The van der Waals surface area contributed by atoms with Crippen molar-refractivity contribution in [3.05, 3.63) is 12.7 Å². The minimum Gasteiger partial charge on any atom is -0.451 e. The number of hydrogen-bond donors (Lipinski definition) is 0. The number of ether oxygens (including phenoxy) is 2. The quantitative estimate of drug-likeness (QED) is 0.125. The van der Waals surface area contributed by atoms with E-state index in [1.165, 1.54) is 64.2 Å². The van der Waals surface area contributed by atoms with E-state index in [1.807, 2.05) is 0 Å². The van der Waals surface area contributed by atoms with Crippen LogP contribution in [-0.2, 0) is 23.9 Å². The van der Waals surface area contributed by atoms with Crippen LogP contribution in [0.25, 0.3) is 0 Å². The minimum absolute atomic E-state index is 0.220. The van der Waals surface area contributed by atoms with Crippen LogP contribution in [-0.4, -0.2) is 24.5 Å². The van der Waals surface area contributed by atoms with Crippen LogP contribution in [0, 0.1) is 5.92 Å². The second-order valence-corrected chi connectivity index (χ2v) is 7.83. The second kappa shape index (κ2) is 18.7. The van der Waals surface area contributed by atoms with Crippen LogP contribution in [0.1, 0.15) is 104 Å². The van der Waals surface area contributed by atoms with Gasteiger partial charge in [0.05, 0.1) is 0 Å². The molecule has 0 spiro atoms. The molecule has 0 aliphatic heterocycles. The molecule has 0 atom stereocenters. The van der Waals surface area contributed by atoms with Gasteiger partial charge in [-0.15, -0.1) is 0 Å². The minimum atomic E-state index is -0.847. The lowest BCUT2D eigenvalue weighted by Gasteiger charge is -2.05. The number of unbranched alkanes of at least 4 members (excludes halogenated alkanes) is 11. The van der Waals surface area contributed by atoms with Gasteiger partial charge in [0.1, 0.15) is 0 Å². The summed E-state index contributed by atoms with van der Waals surface area (Å²) in [5, 5.41) is 0. The van der Waals surface area contributed by atoms with Gasteiger partial charge in [-0.05, 0) is 12.3 Å². The SMILES string of the molecule is C=CC(=O)OCC(=O)OC(=O)CCCCCCCCCCCCCCC(C)C. The number of carbonyl (C=O) groups is 3. The largest absolute Gasteiger partial charge is 0.451 e. The zero-order valence-corrected chi connectivity index (χ0v) is 18.0. The molecule has 0 saturated heterocycles. The van der Waals surface area contributed by atoms with Crippen molar-refractivity contribution in [3.63, 3.8) is 0 Å². The lowest BCUT2D eigenvalue weighted by molar-refractivity contribution is -0.165. The molecule has 0 bridgehead atoms. The van der Waals surface area contributed by atoms with Gasteiger partial charge in [0.15, 0.2) is 6.61 Å². The highest BCUT2D eigenvalue weighted by atomic mass is 16.6. The average Bonchev–Trinajstić information content (AvgIpc) is 2.66. The third-order valence-electron chi connectivity index (χ3n) is 4.64. The molecule has 5 nitrogen and oxygen atoms in total. The van der Waals surface area contributed by atoms with Crippen molar-refractivity contribution in [2.24, 2.45) is 5.92 Å². The highest BCUT2D eigenvalue weighted by molar-refractivity contribution is 5.88. The molecule has 28 heavy (non-hydrogen) atoms. The normalized spacial score (nSPS) is 10.7. The van der Waals surface area contributed by atoms with Gasteiger partial charge in [-0.25, -0.2) is 9.59 Å². The maximum absolute atomic E-state index is 11.5. The van der Waals surface area contributed by atoms with Gasteiger partial charge >= 0.3 is 17.9 Å². The lowest BCUT2D eigenvalue weighted by Crippen LogP contribution is -2.19. The van der Waals surface area contributed by atoms with E-state index in [2.05, 4.69) is 29.9 Å². The van der Waals surface area contributed by atoms with Crippen molar-refractivity contribution >= 4 is 17.9 Å². The molecule has 0 fully saturated rings. The Kier molecular flexibility index (Phi) is 17.6. The van der Waals surface area contributed by atoms with Crippen molar-refractivity contribution in [2.75, 3.05) is 6.61 Å². The summed E-state index contributed by atoms with van der Waals surface area (Å²) in [5.41, 5.74) is 0. The van der Waals surface area contributed by atoms with Crippen LogP contribution < -0.4 is 0 Å². The molecular formula is C23H40O5. The maximum Gasteiger partial charge on any atom is 0.351 e. The fourth-order valence-corrected chi connectivity index (χ4v) is 2.99. The van der Waals surface area contributed by atoms with Gasteiger partial charge in [-0.2, -0.15) is 0 Å². The molecule has 0 heterocycles. The third kappa shape index (κ3) is 19.1. The summed E-state index contributed by atoms with van der Waals surface area (Å²) >= 11 is 0. The van der Waals surface area contributed by atoms with E-state index in [0.29, 0.717) is 0 Å². The Morgan fingerprint density at radius 3 is 1.68 bits per heavy atom. The summed E-state index contributed by atoms with van der Waals surface area (Å²) in [6, 6.07) is 0. The van der Waals surface area contributed by atoms with E-state index in [4.69, 9.17) is 0 Å².